The standard InChI is InChI=1S/C13H12ClF3N4OS/c1-7(10(22)18-9-5-3-8(14)4-6-9)23-12-20-19-11(21(12)2)13(15,16)17/h3-7H,1-2H3,(H,18,22). The molecule has 124 valence electrons. The number of carbonyl (C=O) groups excluding carboxylic acids is 1. The molecule has 1 unspecified atom stereocenters. The zero-order valence-electron chi connectivity index (χ0n) is 12.1. The van der Waals surface area contributed by atoms with Crippen LogP contribution in [0, 0.1) is 0 Å². The van der Waals surface area contributed by atoms with Gasteiger partial charge in [-0.3, -0.25) is 4.79 Å². The van der Waals surface area contributed by atoms with E-state index in [0.29, 0.717) is 10.7 Å². The lowest BCUT2D eigenvalue weighted by atomic mass is 10.3. The third kappa shape index (κ3) is 4.38. The second-order valence-corrected chi connectivity index (χ2v) is 6.36. The highest BCUT2D eigenvalue weighted by Gasteiger charge is 2.37. The van der Waals surface area contributed by atoms with Crippen molar-refractivity contribution in [3.8, 4) is 0 Å². The number of benzene rings is 1. The predicted octanol–water partition coefficient (Wildman–Crippen LogP) is 3.61. The number of thioether (sulfide) groups is 1. The molecule has 2 rings (SSSR count). The van der Waals surface area contributed by atoms with Crippen molar-refractivity contribution in [2.45, 2.75) is 23.5 Å². The number of amides is 1. The van der Waals surface area contributed by atoms with E-state index in [-0.39, 0.29) is 11.1 Å². The van der Waals surface area contributed by atoms with Crippen molar-refractivity contribution in [1.29, 1.82) is 0 Å². The minimum Gasteiger partial charge on any atom is -0.325 e. The van der Waals surface area contributed by atoms with Crippen molar-refractivity contribution in [1.82, 2.24) is 14.8 Å². The molecule has 1 atom stereocenters. The summed E-state index contributed by atoms with van der Waals surface area (Å²) in [4.78, 5) is 12.1. The van der Waals surface area contributed by atoms with Gasteiger partial charge in [-0.25, -0.2) is 0 Å². The Kier molecular flexibility index (Phi) is 5.20. The number of rotatable bonds is 4. The van der Waals surface area contributed by atoms with Gasteiger partial charge >= 0.3 is 6.18 Å². The summed E-state index contributed by atoms with van der Waals surface area (Å²) in [6.45, 7) is 1.57. The smallest absolute Gasteiger partial charge is 0.325 e. The highest BCUT2D eigenvalue weighted by molar-refractivity contribution is 8.00. The minimum atomic E-state index is -4.59. The van der Waals surface area contributed by atoms with E-state index in [0.717, 1.165) is 16.3 Å². The molecule has 0 aliphatic rings. The lowest BCUT2D eigenvalue weighted by molar-refractivity contribution is -0.147. The van der Waals surface area contributed by atoms with Gasteiger partial charge in [0.15, 0.2) is 5.16 Å². The molecule has 1 amide bonds. The number of hydrogen-bond acceptors (Lipinski definition) is 4. The summed E-state index contributed by atoms with van der Waals surface area (Å²) in [5.41, 5.74) is 0.542. The number of nitrogens with zero attached hydrogens (tertiary/aromatic N) is 3. The molecule has 0 saturated carbocycles. The maximum atomic E-state index is 12.7. The third-order valence-corrected chi connectivity index (χ3v) is 4.24. The first-order chi connectivity index (χ1) is 10.7. The monoisotopic (exact) mass is 364 g/mol. The zero-order chi connectivity index (χ0) is 17.2. The van der Waals surface area contributed by atoms with Crippen molar-refractivity contribution in [2.75, 3.05) is 5.32 Å². The summed E-state index contributed by atoms with van der Waals surface area (Å²) in [6.07, 6.45) is -4.59. The van der Waals surface area contributed by atoms with Gasteiger partial charge in [0.2, 0.25) is 11.7 Å². The molecule has 0 bridgehead atoms. The molecule has 0 radical (unpaired) electrons. The average molecular weight is 365 g/mol. The third-order valence-electron chi connectivity index (χ3n) is 2.85. The van der Waals surface area contributed by atoms with Crippen molar-refractivity contribution in [2.24, 2.45) is 7.05 Å². The molecule has 1 heterocycles. The Bertz CT molecular complexity index is 702. The molecule has 23 heavy (non-hydrogen) atoms. The van der Waals surface area contributed by atoms with E-state index in [1.54, 1.807) is 31.2 Å². The Morgan fingerprint density at radius 3 is 2.43 bits per heavy atom. The van der Waals surface area contributed by atoms with Gasteiger partial charge in [0, 0.05) is 17.8 Å². The lowest BCUT2D eigenvalue weighted by Crippen LogP contribution is -2.23. The summed E-state index contributed by atoms with van der Waals surface area (Å²) in [7, 11) is 1.20. The van der Waals surface area contributed by atoms with E-state index < -0.39 is 17.3 Å². The summed E-state index contributed by atoms with van der Waals surface area (Å²) >= 11 is 6.64. The van der Waals surface area contributed by atoms with Crippen LogP contribution in [0.5, 0.6) is 0 Å². The van der Waals surface area contributed by atoms with Crippen LogP contribution in [0.1, 0.15) is 12.7 Å². The fourth-order valence-corrected chi connectivity index (χ4v) is 2.59. The van der Waals surface area contributed by atoms with Crippen LogP contribution in [-0.4, -0.2) is 25.9 Å². The molecular formula is C13H12ClF3N4OS. The van der Waals surface area contributed by atoms with Gasteiger partial charge in [-0.1, -0.05) is 23.4 Å². The van der Waals surface area contributed by atoms with Crippen molar-refractivity contribution in [3.05, 3.63) is 35.1 Å². The SMILES string of the molecule is CC(Sc1nnc(C(F)(F)F)n1C)C(=O)Nc1ccc(Cl)cc1. The Hall–Kier alpha value is -1.74. The molecule has 5 nitrogen and oxygen atoms in total. The molecule has 0 saturated heterocycles. The average Bonchev–Trinajstić information content (AvgIpc) is 2.82. The Morgan fingerprint density at radius 2 is 1.91 bits per heavy atom. The molecule has 2 aromatic rings. The maximum absolute atomic E-state index is 12.7. The van der Waals surface area contributed by atoms with E-state index in [1.165, 1.54) is 7.05 Å². The minimum absolute atomic E-state index is 0.0103. The van der Waals surface area contributed by atoms with Gasteiger partial charge in [0.25, 0.3) is 0 Å². The summed E-state index contributed by atoms with van der Waals surface area (Å²) in [6, 6.07) is 6.49. The van der Waals surface area contributed by atoms with Crippen molar-refractivity contribution >= 4 is 35.0 Å². The topological polar surface area (TPSA) is 59.8 Å². The summed E-state index contributed by atoms with van der Waals surface area (Å²) in [5, 5.41) is 9.13. The van der Waals surface area contributed by atoms with Crippen LogP contribution < -0.4 is 5.32 Å². The van der Waals surface area contributed by atoms with E-state index in [9.17, 15) is 18.0 Å². The predicted molar refractivity (Wildman–Crippen MR) is 81.4 cm³/mol. The number of nitrogens with one attached hydrogen (secondary N) is 1. The Morgan fingerprint density at radius 1 is 1.30 bits per heavy atom. The van der Waals surface area contributed by atoms with Gasteiger partial charge in [-0.15, -0.1) is 10.2 Å². The second-order valence-electron chi connectivity index (χ2n) is 4.62. The van der Waals surface area contributed by atoms with E-state index in [4.69, 9.17) is 11.6 Å². The maximum Gasteiger partial charge on any atom is 0.451 e. The van der Waals surface area contributed by atoms with E-state index in [1.807, 2.05) is 0 Å². The van der Waals surface area contributed by atoms with Crippen LogP contribution in [0.25, 0.3) is 0 Å². The Labute approximate surface area is 139 Å². The van der Waals surface area contributed by atoms with Crippen LogP contribution in [0.2, 0.25) is 5.02 Å². The van der Waals surface area contributed by atoms with Gasteiger partial charge in [0.1, 0.15) is 0 Å². The van der Waals surface area contributed by atoms with E-state index in [2.05, 4.69) is 15.5 Å². The van der Waals surface area contributed by atoms with Crippen molar-refractivity contribution in [3.63, 3.8) is 0 Å². The second kappa shape index (κ2) is 6.79. The first kappa shape index (κ1) is 17.6. The number of halogens is 4. The largest absolute Gasteiger partial charge is 0.451 e. The number of alkyl halides is 3. The van der Waals surface area contributed by atoms with Gasteiger partial charge in [-0.2, -0.15) is 13.2 Å². The molecule has 1 aromatic carbocycles. The van der Waals surface area contributed by atoms with Crippen LogP contribution in [-0.2, 0) is 18.0 Å². The van der Waals surface area contributed by atoms with Crippen LogP contribution in [0.4, 0.5) is 18.9 Å². The number of carbonyl (C=O) groups is 1. The van der Waals surface area contributed by atoms with Crippen molar-refractivity contribution < 1.29 is 18.0 Å². The highest BCUT2D eigenvalue weighted by Crippen LogP contribution is 2.31. The van der Waals surface area contributed by atoms with Gasteiger partial charge in [0.05, 0.1) is 5.25 Å². The molecule has 0 aliphatic carbocycles. The molecule has 1 N–H and O–H groups in total. The Balaban J connectivity index is 2.04. The highest BCUT2D eigenvalue weighted by atomic mass is 35.5. The molecule has 0 aliphatic heterocycles. The number of aromatic nitrogens is 3. The first-order valence-corrected chi connectivity index (χ1v) is 7.64. The lowest BCUT2D eigenvalue weighted by Gasteiger charge is -2.12. The number of hydrogen-bond donors (Lipinski definition) is 1. The summed E-state index contributed by atoms with van der Waals surface area (Å²) in [5.74, 6) is -1.47. The number of anilines is 1. The summed E-state index contributed by atoms with van der Waals surface area (Å²) < 4.78 is 38.8. The van der Waals surface area contributed by atoms with Gasteiger partial charge in [-0.05, 0) is 31.2 Å². The molecule has 0 spiro atoms. The fourth-order valence-electron chi connectivity index (χ4n) is 1.65. The fraction of sp³-hybridized carbons (Fsp3) is 0.308. The molecule has 0 fully saturated rings. The van der Waals surface area contributed by atoms with Crippen LogP contribution in [0.15, 0.2) is 29.4 Å². The zero-order valence-corrected chi connectivity index (χ0v) is 13.6. The normalized spacial score (nSPS) is 13.0. The molecular weight excluding hydrogens is 353 g/mol. The van der Waals surface area contributed by atoms with E-state index >= 15 is 0 Å². The van der Waals surface area contributed by atoms with Crippen LogP contribution in [0.3, 0.4) is 0 Å². The van der Waals surface area contributed by atoms with Gasteiger partial charge < -0.3 is 9.88 Å². The first-order valence-electron chi connectivity index (χ1n) is 6.38. The molecule has 1 aromatic heterocycles. The molecule has 10 heteroatoms. The quantitative estimate of drug-likeness (QED) is 0.842. The van der Waals surface area contributed by atoms with Crippen LogP contribution >= 0.6 is 23.4 Å².